The second kappa shape index (κ2) is 8.36. The first-order valence-corrected chi connectivity index (χ1v) is 10.8. The van der Waals surface area contributed by atoms with E-state index >= 15 is 0 Å². The minimum atomic E-state index is -3.43. The molecule has 0 saturated carbocycles. The number of carbonyl (C=O) groups excluding carboxylic acids is 1. The van der Waals surface area contributed by atoms with Gasteiger partial charge in [-0.25, -0.2) is 8.42 Å². The van der Waals surface area contributed by atoms with E-state index in [2.05, 4.69) is 27.9 Å². The number of benzene rings is 2. The molecule has 1 amide bonds. The minimum Gasteiger partial charge on any atom is -0.484 e. The van der Waals surface area contributed by atoms with Gasteiger partial charge in [-0.2, -0.15) is 4.31 Å². The highest BCUT2D eigenvalue weighted by Gasteiger charge is 2.26. The van der Waals surface area contributed by atoms with Crippen LogP contribution >= 0.6 is 22.6 Å². The molecule has 1 heterocycles. The zero-order chi connectivity index (χ0) is 18.6. The summed E-state index contributed by atoms with van der Waals surface area (Å²) in [6.45, 7) is 0.989. The number of anilines is 1. The van der Waals surface area contributed by atoms with E-state index in [0.29, 0.717) is 24.5 Å². The molecule has 0 aromatic heterocycles. The molecule has 0 spiro atoms. The summed E-state index contributed by atoms with van der Waals surface area (Å²) in [5.74, 6) is 0.170. The van der Waals surface area contributed by atoms with Crippen molar-refractivity contribution in [3.05, 3.63) is 52.1 Å². The number of ether oxygens (including phenoxy) is 1. The van der Waals surface area contributed by atoms with E-state index in [9.17, 15) is 13.2 Å². The summed E-state index contributed by atoms with van der Waals surface area (Å²) in [5, 5.41) is 2.74. The van der Waals surface area contributed by atoms with Gasteiger partial charge in [0.15, 0.2) is 6.61 Å². The molecule has 1 aliphatic rings. The molecular weight excluding hydrogens is 467 g/mol. The maximum atomic E-state index is 12.5. The molecule has 3 rings (SSSR count). The predicted octanol–water partition coefficient (Wildman–Crippen LogP) is 3.09. The number of sulfonamides is 1. The van der Waals surface area contributed by atoms with Crippen molar-refractivity contribution in [3.8, 4) is 5.75 Å². The third kappa shape index (κ3) is 4.74. The van der Waals surface area contributed by atoms with Crippen molar-refractivity contribution in [2.75, 3.05) is 25.0 Å². The Kier molecular flexibility index (Phi) is 6.15. The number of hydrogen-bond acceptors (Lipinski definition) is 4. The van der Waals surface area contributed by atoms with Crippen molar-refractivity contribution in [1.29, 1.82) is 0 Å². The number of amides is 1. The van der Waals surface area contributed by atoms with E-state index in [1.165, 1.54) is 16.4 Å². The van der Waals surface area contributed by atoms with Crippen LogP contribution in [0.3, 0.4) is 0 Å². The topological polar surface area (TPSA) is 75.7 Å². The fourth-order valence-corrected chi connectivity index (χ4v) is 4.54. The lowest BCUT2D eigenvalue weighted by Gasteiger charge is -2.15. The zero-order valence-corrected chi connectivity index (χ0v) is 17.0. The van der Waals surface area contributed by atoms with Gasteiger partial charge in [0.2, 0.25) is 10.0 Å². The first-order chi connectivity index (χ1) is 12.4. The monoisotopic (exact) mass is 486 g/mol. The quantitative estimate of drug-likeness (QED) is 0.637. The van der Waals surface area contributed by atoms with Gasteiger partial charge in [-0.05, 0) is 84.0 Å². The highest BCUT2D eigenvalue weighted by molar-refractivity contribution is 14.1. The summed E-state index contributed by atoms with van der Waals surface area (Å²) in [7, 11) is -3.43. The van der Waals surface area contributed by atoms with Gasteiger partial charge in [0.05, 0.1) is 4.90 Å². The van der Waals surface area contributed by atoms with Crippen molar-refractivity contribution in [3.63, 3.8) is 0 Å². The Hall–Kier alpha value is -1.65. The van der Waals surface area contributed by atoms with Gasteiger partial charge >= 0.3 is 0 Å². The number of nitrogens with one attached hydrogen (secondary N) is 1. The molecular formula is C18H19IN2O4S. The number of carbonyl (C=O) groups is 1. The molecule has 0 atom stereocenters. The van der Waals surface area contributed by atoms with Crippen LogP contribution in [0.4, 0.5) is 5.69 Å². The lowest BCUT2D eigenvalue weighted by Crippen LogP contribution is -2.27. The normalized spacial score (nSPS) is 15.0. The number of halogens is 1. The van der Waals surface area contributed by atoms with Crippen LogP contribution < -0.4 is 10.1 Å². The van der Waals surface area contributed by atoms with E-state index in [4.69, 9.17) is 4.74 Å². The van der Waals surface area contributed by atoms with Crippen LogP contribution in [0.5, 0.6) is 5.75 Å². The molecule has 2 aromatic rings. The Morgan fingerprint density at radius 2 is 1.65 bits per heavy atom. The lowest BCUT2D eigenvalue weighted by atomic mass is 10.3. The number of nitrogens with zero attached hydrogens (tertiary/aromatic N) is 1. The summed E-state index contributed by atoms with van der Waals surface area (Å²) in [5.41, 5.74) is 0.700. The first-order valence-electron chi connectivity index (χ1n) is 8.23. The molecule has 1 N–H and O–H groups in total. The molecule has 1 aliphatic heterocycles. The van der Waals surface area contributed by atoms with Crippen molar-refractivity contribution < 1.29 is 17.9 Å². The van der Waals surface area contributed by atoms with Gasteiger partial charge in [-0.3, -0.25) is 4.79 Å². The van der Waals surface area contributed by atoms with E-state index in [0.717, 1.165) is 16.4 Å². The van der Waals surface area contributed by atoms with E-state index in [1.807, 2.05) is 24.3 Å². The summed E-state index contributed by atoms with van der Waals surface area (Å²) >= 11 is 2.19. The molecule has 8 heteroatoms. The Morgan fingerprint density at radius 3 is 2.27 bits per heavy atom. The molecule has 1 saturated heterocycles. The Balaban J connectivity index is 1.55. The third-order valence-corrected chi connectivity index (χ3v) is 6.66. The average molecular weight is 486 g/mol. The predicted molar refractivity (Wildman–Crippen MR) is 108 cm³/mol. The van der Waals surface area contributed by atoms with Crippen LogP contribution in [-0.4, -0.2) is 38.3 Å². The maximum absolute atomic E-state index is 12.5. The lowest BCUT2D eigenvalue weighted by molar-refractivity contribution is -0.118. The van der Waals surface area contributed by atoms with E-state index in [1.54, 1.807) is 12.1 Å². The molecule has 0 radical (unpaired) electrons. The fourth-order valence-electron chi connectivity index (χ4n) is 2.66. The van der Waals surface area contributed by atoms with Crippen LogP contribution in [0.25, 0.3) is 0 Å². The van der Waals surface area contributed by atoms with Gasteiger partial charge in [0, 0.05) is 22.3 Å². The molecule has 26 heavy (non-hydrogen) atoms. The first kappa shape index (κ1) is 19.1. The van der Waals surface area contributed by atoms with Crippen LogP contribution in [0.15, 0.2) is 53.4 Å². The zero-order valence-electron chi connectivity index (χ0n) is 14.0. The van der Waals surface area contributed by atoms with Crippen molar-refractivity contribution in [2.45, 2.75) is 17.7 Å². The summed E-state index contributed by atoms with van der Waals surface area (Å²) in [6, 6.07) is 13.6. The molecule has 6 nitrogen and oxygen atoms in total. The van der Waals surface area contributed by atoms with Crippen molar-refractivity contribution in [2.24, 2.45) is 0 Å². The summed E-state index contributed by atoms with van der Waals surface area (Å²) < 4.78 is 32.9. The Bertz CT molecular complexity index is 861. The van der Waals surface area contributed by atoms with Gasteiger partial charge in [0.25, 0.3) is 5.91 Å². The van der Waals surface area contributed by atoms with E-state index in [-0.39, 0.29) is 17.4 Å². The van der Waals surface area contributed by atoms with Crippen molar-refractivity contribution >= 4 is 44.2 Å². The minimum absolute atomic E-state index is 0.149. The maximum Gasteiger partial charge on any atom is 0.262 e. The highest BCUT2D eigenvalue weighted by Crippen LogP contribution is 2.23. The number of rotatable bonds is 6. The van der Waals surface area contributed by atoms with Gasteiger partial charge in [-0.15, -0.1) is 0 Å². The van der Waals surface area contributed by atoms with Crippen LogP contribution in [0, 0.1) is 3.57 Å². The molecule has 0 aliphatic carbocycles. The fraction of sp³-hybridized carbons (Fsp3) is 0.278. The standard InChI is InChI=1S/C18H19IN2O4S/c19-14-3-5-15(6-4-14)20-18(22)13-25-16-7-9-17(10-8-16)26(23,24)21-11-1-2-12-21/h3-10H,1-2,11-13H2,(H,20,22). The number of hydrogen-bond donors (Lipinski definition) is 1. The SMILES string of the molecule is O=C(COc1ccc(S(=O)(=O)N2CCCC2)cc1)Nc1ccc(I)cc1. The molecule has 0 unspecified atom stereocenters. The average Bonchev–Trinajstić information content (AvgIpc) is 3.18. The Morgan fingerprint density at radius 1 is 1.04 bits per heavy atom. The van der Waals surface area contributed by atoms with Gasteiger partial charge in [-0.1, -0.05) is 0 Å². The van der Waals surface area contributed by atoms with Crippen molar-refractivity contribution in [1.82, 2.24) is 4.31 Å². The van der Waals surface area contributed by atoms with E-state index < -0.39 is 10.0 Å². The van der Waals surface area contributed by atoms with Crippen LogP contribution in [0.1, 0.15) is 12.8 Å². The van der Waals surface area contributed by atoms with Crippen LogP contribution in [-0.2, 0) is 14.8 Å². The van der Waals surface area contributed by atoms with Crippen LogP contribution in [0.2, 0.25) is 0 Å². The largest absolute Gasteiger partial charge is 0.484 e. The second-order valence-electron chi connectivity index (χ2n) is 5.93. The smallest absolute Gasteiger partial charge is 0.262 e. The molecule has 1 fully saturated rings. The summed E-state index contributed by atoms with van der Waals surface area (Å²) in [4.78, 5) is 12.2. The second-order valence-corrected chi connectivity index (χ2v) is 9.11. The van der Waals surface area contributed by atoms with Gasteiger partial charge in [0.1, 0.15) is 5.75 Å². The highest BCUT2D eigenvalue weighted by atomic mass is 127. The molecule has 0 bridgehead atoms. The molecule has 2 aromatic carbocycles. The Labute approximate surface area is 166 Å². The molecule has 138 valence electrons. The third-order valence-electron chi connectivity index (χ3n) is 4.02. The summed E-state index contributed by atoms with van der Waals surface area (Å²) in [6.07, 6.45) is 1.80. The van der Waals surface area contributed by atoms with Gasteiger partial charge < -0.3 is 10.1 Å².